The van der Waals surface area contributed by atoms with Gasteiger partial charge in [-0.2, -0.15) is 0 Å². The summed E-state index contributed by atoms with van der Waals surface area (Å²) >= 11 is 12.8. The number of imidazole rings is 1. The van der Waals surface area contributed by atoms with Crippen LogP contribution < -0.4 is 9.47 Å². The minimum atomic E-state index is 0.267. The zero-order valence-corrected chi connectivity index (χ0v) is 23.0. The van der Waals surface area contributed by atoms with Gasteiger partial charge in [-0.25, -0.2) is 4.98 Å². The van der Waals surface area contributed by atoms with Crippen molar-refractivity contribution in [2.75, 3.05) is 13.3 Å². The van der Waals surface area contributed by atoms with E-state index in [9.17, 15) is 0 Å². The zero-order valence-electron chi connectivity index (χ0n) is 21.4. The van der Waals surface area contributed by atoms with Crippen LogP contribution in [0.3, 0.4) is 0 Å². The largest absolute Gasteiger partial charge is 0.454 e. The van der Waals surface area contributed by atoms with Crippen LogP contribution in [0.4, 0.5) is 0 Å². The Hall–Kier alpha value is -3.25. The Balaban J connectivity index is 1.42. The van der Waals surface area contributed by atoms with E-state index in [-0.39, 0.29) is 6.79 Å². The number of hydrogen-bond donors (Lipinski definition) is 0. The lowest BCUT2D eigenvalue weighted by molar-refractivity contribution is 0.174. The molecule has 3 aromatic carbocycles. The highest BCUT2D eigenvalue weighted by Gasteiger charge is 2.17. The van der Waals surface area contributed by atoms with E-state index in [4.69, 9.17) is 37.7 Å². The van der Waals surface area contributed by atoms with E-state index in [0.717, 1.165) is 66.5 Å². The fourth-order valence-electron chi connectivity index (χ4n) is 4.62. The molecule has 1 aliphatic heterocycles. The van der Waals surface area contributed by atoms with Gasteiger partial charge in [-0.1, -0.05) is 91.2 Å². The molecular formula is C31H31Cl2N3O2. The van der Waals surface area contributed by atoms with E-state index >= 15 is 0 Å². The lowest BCUT2D eigenvalue weighted by Crippen LogP contribution is -2.24. The van der Waals surface area contributed by atoms with Crippen LogP contribution in [0.15, 0.2) is 79.0 Å². The highest BCUT2D eigenvalue weighted by Crippen LogP contribution is 2.33. The quantitative estimate of drug-likeness (QED) is 0.190. The first-order valence-corrected chi connectivity index (χ1v) is 13.7. The first-order valence-electron chi connectivity index (χ1n) is 12.9. The molecule has 0 saturated carbocycles. The van der Waals surface area contributed by atoms with Gasteiger partial charge < -0.3 is 14.0 Å². The molecule has 0 amide bonds. The van der Waals surface area contributed by atoms with Crippen LogP contribution >= 0.6 is 23.2 Å². The molecule has 0 saturated heterocycles. The molecule has 38 heavy (non-hydrogen) atoms. The molecule has 0 spiro atoms. The Morgan fingerprint density at radius 2 is 1.74 bits per heavy atom. The molecule has 4 aromatic rings. The molecule has 0 fully saturated rings. The summed E-state index contributed by atoms with van der Waals surface area (Å²) in [5, 5.41) is 1.28. The highest BCUT2D eigenvalue weighted by molar-refractivity contribution is 6.37. The Kier molecular flexibility index (Phi) is 8.69. The van der Waals surface area contributed by atoms with Gasteiger partial charge in [0.15, 0.2) is 11.5 Å². The van der Waals surface area contributed by atoms with Crippen molar-refractivity contribution in [1.82, 2.24) is 14.5 Å². The van der Waals surface area contributed by atoms with Crippen molar-refractivity contribution in [2.24, 2.45) is 0 Å². The van der Waals surface area contributed by atoms with Gasteiger partial charge in [0.2, 0.25) is 6.79 Å². The molecule has 7 heteroatoms. The number of aromatic nitrogens is 2. The van der Waals surface area contributed by atoms with Crippen LogP contribution in [0.5, 0.6) is 11.5 Å². The molecule has 0 aliphatic carbocycles. The second-order valence-corrected chi connectivity index (χ2v) is 10.2. The van der Waals surface area contributed by atoms with Gasteiger partial charge in [-0.15, -0.1) is 0 Å². The smallest absolute Gasteiger partial charge is 0.231 e. The number of ether oxygens (including phenoxy) is 2. The standard InChI is InChI=1S/C31H31Cl2N3O2/c1-2-3-17-36-25(19-34-31(36)24-9-5-4-6-10-24)21-35(16-8-11-26-27(32)12-7-13-28(26)33)20-23-14-15-29-30(18-23)38-22-37-29/h4-15,18-19H,2-3,16-17,20-22H2,1H3/b11-8-. The van der Waals surface area contributed by atoms with Gasteiger partial charge in [-0.3, -0.25) is 4.90 Å². The molecule has 0 bridgehead atoms. The summed E-state index contributed by atoms with van der Waals surface area (Å²) in [6.45, 7) is 5.59. The molecule has 196 valence electrons. The van der Waals surface area contributed by atoms with Crippen LogP contribution in [0, 0.1) is 0 Å². The average Bonchev–Trinajstić information content (AvgIpc) is 3.56. The molecular weight excluding hydrogens is 517 g/mol. The summed E-state index contributed by atoms with van der Waals surface area (Å²) in [7, 11) is 0. The second-order valence-electron chi connectivity index (χ2n) is 9.34. The van der Waals surface area contributed by atoms with E-state index in [0.29, 0.717) is 16.6 Å². The normalized spacial score (nSPS) is 12.6. The first kappa shape index (κ1) is 26.4. The van der Waals surface area contributed by atoms with Crippen molar-refractivity contribution in [3.63, 3.8) is 0 Å². The second kappa shape index (κ2) is 12.5. The van der Waals surface area contributed by atoms with Gasteiger partial charge in [0, 0.05) is 47.4 Å². The monoisotopic (exact) mass is 547 g/mol. The molecule has 0 unspecified atom stereocenters. The van der Waals surface area contributed by atoms with Crippen LogP contribution in [0.2, 0.25) is 10.0 Å². The summed E-state index contributed by atoms with van der Waals surface area (Å²) in [5.41, 5.74) is 4.30. The Bertz CT molecular complexity index is 1380. The van der Waals surface area contributed by atoms with Crippen molar-refractivity contribution in [3.8, 4) is 22.9 Å². The van der Waals surface area contributed by atoms with Gasteiger partial charge in [0.1, 0.15) is 5.82 Å². The molecule has 0 N–H and O–H groups in total. The maximum absolute atomic E-state index is 6.40. The molecule has 5 rings (SSSR count). The van der Waals surface area contributed by atoms with Gasteiger partial charge >= 0.3 is 0 Å². The molecule has 1 aliphatic rings. The minimum Gasteiger partial charge on any atom is -0.454 e. The van der Waals surface area contributed by atoms with Crippen LogP contribution in [0.1, 0.15) is 36.6 Å². The number of hydrogen-bond acceptors (Lipinski definition) is 4. The van der Waals surface area contributed by atoms with Gasteiger partial charge in [0.05, 0.1) is 11.9 Å². The summed E-state index contributed by atoms with van der Waals surface area (Å²) in [5.74, 6) is 2.59. The van der Waals surface area contributed by atoms with E-state index in [1.807, 2.05) is 42.6 Å². The maximum atomic E-state index is 6.40. The van der Waals surface area contributed by atoms with E-state index in [1.165, 1.54) is 5.69 Å². The van der Waals surface area contributed by atoms with E-state index in [2.05, 4.69) is 58.9 Å². The van der Waals surface area contributed by atoms with Crippen molar-refractivity contribution in [1.29, 1.82) is 0 Å². The molecule has 0 atom stereocenters. The molecule has 2 heterocycles. The fourth-order valence-corrected chi connectivity index (χ4v) is 5.15. The maximum Gasteiger partial charge on any atom is 0.231 e. The van der Waals surface area contributed by atoms with Crippen LogP contribution in [-0.2, 0) is 19.6 Å². The van der Waals surface area contributed by atoms with Crippen molar-refractivity contribution in [3.05, 3.63) is 106 Å². The number of halogens is 2. The Labute approximate surface area is 234 Å². The third kappa shape index (κ3) is 6.24. The van der Waals surface area contributed by atoms with E-state index < -0.39 is 0 Å². The third-order valence-electron chi connectivity index (χ3n) is 6.58. The number of fused-ring (bicyclic) bond motifs is 1. The minimum absolute atomic E-state index is 0.267. The number of nitrogens with zero attached hydrogens (tertiary/aromatic N) is 3. The summed E-state index contributed by atoms with van der Waals surface area (Å²) in [6, 6.07) is 22.1. The summed E-state index contributed by atoms with van der Waals surface area (Å²) in [6.07, 6.45) is 8.34. The zero-order chi connectivity index (χ0) is 26.3. The number of rotatable bonds is 11. The van der Waals surface area contributed by atoms with Crippen molar-refractivity contribution in [2.45, 2.75) is 39.4 Å². The topological polar surface area (TPSA) is 39.5 Å². The predicted molar refractivity (Wildman–Crippen MR) is 155 cm³/mol. The number of unbranched alkanes of at least 4 members (excludes halogenated alkanes) is 1. The average molecular weight is 549 g/mol. The van der Waals surface area contributed by atoms with Gasteiger partial charge in [-0.05, 0) is 36.2 Å². The SMILES string of the molecule is CCCCn1c(CN(C/C=C\c2c(Cl)cccc2Cl)Cc2ccc3c(c2)OCO3)cnc1-c1ccccc1. The number of benzene rings is 3. The van der Waals surface area contributed by atoms with Crippen molar-refractivity contribution >= 4 is 29.3 Å². The predicted octanol–water partition coefficient (Wildman–Crippen LogP) is 8.10. The Morgan fingerprint density at radius 1 is 0.947 bits per heavy atom. The van der Waals surface area contributed by atoms with Gasteiger partial charge in [0.25, 0.3) is 0 Å². The third-order valence-corrected chi connectivity index (χ3v) is 7.24. The fraction of sp³-hybridized carbons (Fsp3) is 0.258. The van der Waals surface area contributed by atoms with Crippen LogP contribution in [-0.4, -0.2) is 27.8 Å². The lowest BCUT2D eigenvalue weighted by Gasteiger charge is -2.22. The molecule has 0 radical (unpaired) electrons. The molecule has 5 nitrogen and oxygen atoms in total. The highest BCUT2D eigenvalue weighted by atomic mass is 35.5. The van der Waals surface area contributed by atoms with Crippen LogP contribution in [0.25, 0.3) is 17.5 Å². The Morgan fingerprint density at radius 3 is 2.53 bits per heavy atom. The van der Waals surface area contributed by atoms with E-state index in [1.54, 1.807) is 0 Å². The lowest BCUT2D eigenvalue weighted by atomic mass is 10.1. The van der Waals surface area contributed by atoms with Crippen molar-refractivity contribution < 1.29 is 9.47 Å². The molecule has 1 aromatic heterocycles. The summed E-state index contributed by atoms with van der Waals surface area (Å²) in [4.78, 5) is 7.23. The summed E-state index contributed by atoms with van der Waals surface area (Å²) < 4.78 is 13.5. The first-order chi connectivity index (χ1) is 18.6.